The Hall–Kier alpha value is -4.30. The van der Waals surface area contributed by atoms with Gasteiger partial charge in [0.15, 0.2) is 17.7 Å². The second kappa shape index (κ2) is 12.3. The van der Waals surface area contributed by atoms with E-state index in [4.69, 9.17) is 9.47 Å². The zero-order valence-electron chi connectivity index (χ0n) is 23.4. The van der Waals surface area contributed by atoms with Crippen LogP contribution in [0.3, 0.4) is 0 Å². The number of halogens is 3. The minimum atomic E-state index is -0.300. The Kier molecular flexibility index (Phi) is 8.54. The number of pyridine rings is 1. The molecule has 1 heterocycles. The molecule has 6 heteroatoms. The molecule has 5 aromatic carbocycles. The van der Waals surface area contributed by atoms with Crippen LogP contribution in [0.1, 0.15) is 0 Å². The van der Waals surface area contributed by atoms with Crippen molar-refractivity contribution < 1.29 is 46.8 Å². The van der Waals surface area contributed by atoms with Gasteiger partial charge in [0.1, 0.15) is 18.7 Å². The highest BCUT2D eigenvalue weighted by Crippen LogP contribution is 2.44. The third-order valence-electron chi connectivity index (χ3n) is 7.37. The minimum Gasteiger partial charge on any atom is -1.00 e. The van der Waals surface area contributed by atoms with E-state index in [1.165, 1.54) is 24.3 Å². The summed E-state index contributed by atoms with van der Waals surface area (Å²) in [5.74, 6) is 0.603. The smallest absolute Gasteiger partial charge is 0.212 e. The fourth-order valence-electron chi connectivity index (χ4n) is 5.32. The predicted octanol–water partition coefficient (Wildman–Crippen LogP) is 5.63. The monoisotopic (exact) mass is 671 g/mol. The van der Waals surface area contributed by atoms with E-state index in [9.17, 15) is 8.78 Å². The molecular formula is C36H28F2INO2. The van der Waals surface area contributed by atoms with Crippen molar-refractivity contribution in [2.24, 2.45) is 7.05 Å². The first kappa shape index (κ1) is 29.2. The van der Waals surface area contributed by atoms with Gasteiger partial charge in [0.25, 0.3) is 0 Å². The van der Waals surface area contributed by atoms with Crippen molar-refractivity contribution in [2.75, 3.05) is 14.2 Å². The van der Waals surface area contributed by atoms with E-state index in [2.05, 4.69) is 47.2 Å². The lowest BCUT2D eigenvalue weighted by molar-refractivity contribution is -0.644. The topological polar surface area (TPSA) is 22.3 Å². The van der Waals surface area contributed by atoms with E-state index < -0.39 is 0 Å². The third-order valence-corrected chi connectivity index (χ3v) is 7.37. The number of methoxy groups -OCH3 is 2. The van der Waals surface area contributed by atoms with Crippen LogP contribution in [-0.2, 0) is 7.05 Å². The molecule has 0 unspecified atom stereocenters. The lowest BCUT2D eigenvalue weighted by Crippen LogP contribution is -3.00. The molecule has 1 aromatic heterocycles. The normalized spacial score (nSPS) is 10.8. The van der Waals surface area contributed by atoms with Crippen molar-refractivity contribution in [1.29, 1.82) is 0 Å². The van der Waals surface area contributed by atoms with Gasteiger partial charge in [0, 0.05) is 22.6 Å². The number of hydrogen-bond acceptors (Lipinski definition) is 2. The Labute approximate surface area is 261 Å². The number of para-hydroxylation sites is 1. The van der Waals surface area contributed by atoms with Crippen LogP contribution in [0, 0.1) is 11.6 Å². The number of aryl methyl sites for hydroxylation is 1. The lowest BCUT2D eigenvalue weighted by Gasteiger charge is -2.17. The van der Waals surface area contributed by atoms with Crippen LogP contribution < -0.4 is 38.0 Å². The molecule has 0 fully saturated rings. The molecule has 42 heavy (non-hydrogen) atoms. The van der Waals surface area contributed by atoms with Crippen LogP contribution in [-0.4, -0.2) is 14.2 Å². The minimum absolute atomic E-state index is 0. The summed E-state index contributed by atoms with van der Waals surface area (Å²) in [7, 11) is 5.29. The van der Waals surface area contributed by atoms with Gasteiger partial charge in [-0.25, -0.2) is 13.3 Å². The zero-order valence-corrected chi connectivity index (χ0v) is 25.5. The molecule has 0 atom stereocenters. The predicted molar refractivity (Wildman–Crippen MR) is 160 cm³/mol. The summed E-state index contributed by atoms with van der Waals surface area (Å²) < 4.78 is 41.4. The molecule has 0 N–H and O–H groups in total. The number of fused-ring (bicyclic) bond motifs is 1. The lowest BCUT2D eigenvalue weighted by atomic mass is 9.91. The van der Waals surface area contributed by atoms with Gasteiger partial charge in [0.2, 0.25) is 5.52 Å². The molecule has 0 saturated heterocycles. The second-order valence-corrected chi connectivity index (χ2v) is 9.97. The first-order chi connectivity index (χ1) is 19.9. The Balaban J connectivity index is 0.00000353. The first-order valence-corrected chi connectivity index (χ1v) is 13.3. The second-order valence-electron chi connectivity index (χ2n) is 9.97. The van der Waals surface area contributed by atoms with Crippen molar-refractivity contribution in [3.63, 3.8) is 0 Å². The molecule has 0 saturated carbocycles. The number of nitrogens with zero attached hydrogens (tertiary/aromatic N) is 1. The van der Waals surface area contributed by atoms with Crippen molar-refractivity contribution in [3.8, 4) is 56.0 Å². The van der Waals surface area contributed by atoms with Crippen molar-refractivity contribution in [3.05, 3.63) is 127 Å². The number of hydrogen-bond donors (Lipinski definition) is 0. The van der Waals surface area contributed by atoms with Crippen LogP contribution in [0.15, 0.2) is 115 Å². The summed E-state index contributed by atoms with van der Waals surface area (Å²) in [6.07, 6.45) is 2.10. The third kappa shape index (κ3) is 5.72. The fraction of sp³-hybridized carbons (Fsp3) is 0.0833. The van der Waals surface area contributed by atoms with Gasteiger partial charge in [-0.1, -0.05) is 36.4 Å². The number of rotatable bonds is 6. The van der Waals surface area contributed by atoms with Crippen molar-refractivity contribution in [2.45, 2.75) is 0 Å². The summed E-state index contributed by atoms with van der Waals surface area (Å²) in [5, 5.41) is 1.13. The van der Waals surface area contributed by atoms with E-state index in [0.717, 1.165) is 55.4 Å². The molecule has 0 radical (unpaired) electrons. The highest BCUT2D eigenvalue weighted by molar-refractivity contribution is 5.88. The molecule has 0 spiro atoms. The van der Waals surface area contributed by atoms with Gasteiger partial charge >= 0.3 is 0 Å². The van der Waals surface area contributed by atoms with E-state index in [-0.39, 0.29) is 35.6 Å². The number of aromatic nitrogens is 1. The first-order valence-electron chi connectivity index (χ1n) is 13.3. The molecule has 0 aliphatic rings. The molecule has 3 nitrogen and oxygen atoms in total. The van der Waals surface area contributed by atoms with Crippen LogP contribution in [0.4, 0.5) is 8.78 Å². The van der Waals surface area contributed by atoms with Gasteiger partial charge in [-0.3, -0.25) is 0 Å². The Morgan fingerprint density at radius 1 is 0.548 bits per heavy atom. The van der Waals surface area contributed by atoms with Crippen molar-refractivity contribution in [1.82, 2.24) is 0 Å². The van der Waals surface area contributed by atoms with Gasteiger partial charge in [-0.2, -0.15) is 0 Å². The average molecular weight is 672 g/mol. The van der Waals surface area contributed by atoms with E-state index in [1.54, 1.807) is 38.5 Å². The van der Waals surface area contributed by atoms with E-state index >= 15 is 0 Å². The summed E-state index contributed by atoms with van der Waals surface area (Å²) in [6.45, 7) is 0. The van der Waals surface area contributed by atoms with Gasteiger partial charge < -0.3 is 33.5 Å². The zero-order chi connectivity index (χ0) is 28.5. The molecule has 210 valence electrons. The van der Waals surface area contributed by atoms with Gasteiger partial charge in [0.05, 0.1) is 14.2 Å². The van der Waals surface area contributed by atoms with E-state index in [0.29, 0.717) is 11.5 Å². The molecule has 6 rings (SSSR count). The maximum atomic E-state index is 13.8. The molecule has 0 aliphatic heterocycles. The molecule has 6 aromatic rings. The largest absolute Gasteiger partial charge is 1.00 e. The maximum Gasteiger partial charge on any atom is 0.212 e. The Morgan fingerprint density at radius 2 is 1.10 bits per heavy atom. The quantitative estimate of drug-likeness (QED) is 0.169. The molecule has 0 bridgehead atoms. The van der Waals surface area contributed by atoms with Crippen LogP contribution in [0.25, 0.3) is 55.4 Å². The van der Waals surface area contributed by atoms with Crippen LogP contribution in [0.2, 0.25) is 0 Å². The summed E-state index contributed by atoms with van der Waals surface area (Å²) in [6, 6.07) is 33.5. The molecule has 0 aliphatic carbocycles. The average Bonchev–Trinajstić information content (AvgIpc) is 3.00. The molecular weight excluding hydrogens is 643 g/mol. The van der Waals surface area contributed by atoms with Gasteiger partial charge in [-0.05, 0) is 100 Å². The highest BCUT2D eigenvalue weighted by Gasteiger charge is 2.19. The number of benzene rings is 5. The Morgan fingerprint density at radius 3 is 1.67 bits per heavy atom. The maximum absolute atomic E-state index is 13.8. The molecule has 0 amide bonds. The van der Waals surface area contributed by atoms with Gasteiger partial charge in [-0.15, -0.1) is 0 Å². The van der Waals surface area contributed by atoms with Crippen LogP contribution in [0.5, 0.6) is 11.5 Å². The summed E-state index contributed by atoms with van der Waals surface area (Å²) >= 11 is 0. The SMILES string of the molecule is COc1cc(-c2cc3ccccc3[n+](C)c2)cc(-c2cc(-c3ccc(F)cc3)cc(-c3ccc(F)cc3)c2)c1OC.[I-]. The summed E-state index contributed by atoms with van der Waals surface area (Å²) in [5.41, 5.74) is 8.36. The summed E-state index contributed by atoms with van der Waals surface area (Å²) in [4.78, 5) is 0. The van der Waals surface area contributed by atoms with Crippen molar-refractivity contribution >= 4 is 10.9 Å². The van der Waals surface area contributed by atoms with E-state index in [1.807, 2.05) is 31.3 Å². The Bertz CT molecular complexity index is 1820. The number of ether oxygens (including phenoxy) is 2. The standard InChI is InChI=1S/C36H28F2NO2.HI/c1-39-22-30(16-25-6-4-5-7-34(25)39)28-20-33(36(41-3)35(21-28)40-2)29-18-26(23-8-12-31(37)13-9-23)17-27(19-29)24-10-14-32(38)15-11-24;/h4-22H,1-3H3;1H/q+1;/p-1. The fourth-order valence-corrected chi connectivity index (χ4v) is 5.32. The van der Waals surface area contributed by atoms with Crippen LogP contribution >= 0.6 is 0 Å². The highest BCUT2D eigenvalue weighted by atomic mass is 127.